The molecule has 0 spiro atoms. The zero-order valence-electron chi connectivity index (χ0n) is 15.9. The zero-order chi connectivity index (χ0) is 18.5. The van der Waals surface area contributed by atoms with E-state index in [4.69, 9.17) is 14.2 Å². The third-order valence-electron chi connectivity index (χ3n) is 4.86. The van der Waals surface area contributed by atoms with Gasteiger partial charge in [-0.15, -0.1) is 0 Å². The Kier molecular flexibility index (Phi) is 12.7. The monoisotopic (exact) mass is 362 g/mol. The molecule has 1 saturated heterocycles. The number of hydrogen-bond donors (Lipinski definition) is 3. The van der Waals surface area contributed by atoms with Crippen LogP contribution < -0.4 is 0 Å². The molecule has 1 rings (SSSR count). The second-order valence-electron chi connectivity index (χ2n) is 6.96. The molecule has 1 heterocycles. The predicted octanol–water partition coefficient (Wildman–Crippen LogP) is 2.38. The quantitative estimate of drug-likeness (QED) is 0.411. The van der Waals surface area contributed by atoms with Crippen LogP contribution in [0.3, 0.4) is 0 Å². The maximum Gasteiger partial charge on any atom is 0.186 e. The average molecular weight is 363 g/mol. The molecule has 150 valence electrons. The Balaban J connectivity index is 2.10. The lowest BCUT2D eigenvalue weighted by Gasteiger charge is -2.41. The SMILES string of the molecule is CCCCCCCCCCCCO[C@H]1C(CO)O[C@H](OC)C(O)C1O. The van der Waals surface area contributed by atoms with Crippen LogP contribution in [0.2, 0.25) is 0 Å². The molecule has 0 aromatic rings. The van der Waals surface area contributed by atoms with Crippen LogP contribution in [0.15, 0.2) is 0 Å². The van der Waals surface area contributed by atoms with E-state index in [1.165, 1.54) is 58.5 Å². The van der Waals surface area contributed by atoms with Gasteiger partial charge in [0, 0.05) is 13.7 Å². The first-order chi connectivity index (χ1) is 12.2. The summed E-state index contributed by atoms with van der Waals surface area (Å²) in [6, 6.07) is 0. The van der Waals surface area contributed by atoms with Crippen molar-refractivity contribution < 1.29 is 29.5 Å². The van der Waals surface area contributed by atoms with Gasteiger partial charge in [0.25, 0.3) is 0 Å². The lowest BCUT2D eigenvalue weighted by atomic mass is 9.99. The van der Waals surface area contributed by atoms with Crippen LogP contribution >= 0.6 is 0 Å². The second-order valence-corrected chi connectivity index (χ2v) is 6.96. The number of unbranched alkanes of at least 4 members (excludes halogenated alkanes) is 9. The van der Waals surface area contributed by atoms with Crippen LogP contribution in [-0.4, -0.2) is 66.3 Å². The first-order valence-electron chi connectivity index (χ1n) is 9.92. The molecule has 6 nitrogen and oxygen atoms in total. The van der Waals surface area contributed by atoms with Gasteiger partial charge < -0.3 is 29.5 Å². The van der Waals surface area contributed by atoms with Crippen molar-refractivity contribution in [2.45, 2.75) is 102 Å². The number of hydrogen-bond acceptors (Lipinski definition) is 6. The van der Waals surface area contributed by atoms with Crippen LogP contribution in [0.4, 0.5) is 0 Å². The van der Waals surface area contributed by atoms with Gasteiger partial charge in [-0.3, -0.25) is 0 Å². The maximum absolute atomic E-state index is 10.2. The summed E-state index contributed by atoms with van der Waals surface area (Å²) in [5, 5.41) is 29.5. The van der Waals surface area contributed by atoms with E-state index >= 15 is 0 Å². The first kappa shape index (κ1) is 22.8. The van der Waals surface area contributed by atoms with E-state index in [0.29, 0.717) is 6.61 Å². The van der Waals surface area contributed by atoms with Crippen molar-refractivity contribution in [3.63, 3.8) is 0 Å². The summed E-state index contributed by atoms with van der Waals surface area (Å²) in [5.41, 5.74) is 0. The minimum atomic E-state index is -1.18. The lowest BCUT2D eigenvalue weighted by Crippen LogP contribution is -2.59. The van der Waals surface area contributed by atoms with Crippen molar-refractivity contribution >= 4 is 0 Å². The molecule has 25 heavy (non-hydrogen) atoms. The fraction of sp³-hybridized carbons (Fsp3) is 1.00. The second kappa shape index (κ2) is 13.9. The Morgan fingerprint density at radius 3 is 1.92 bits per heavy atom. The summed E-state index contributed by atoms with van der Waals surface area (Å²) < 4.78 is 16.1. The third kappa shape index (κ3) is 8.33. The Bertz CT molecular complexity index is 312. The van der Waals surface area contributed by atoms with Crippen molar-refractivity contribution in [3.8, 4) is 0 Å². The summed E-state index contributed by atoms with van der Waals surface area (Å²) >= 11 is 0. The Morgan fingerprint density at radius 2 is 1.40 bits per heavy atom. The Labute approximate surface area is 152 Å². The van der Waals surface area contributed by atoms with E-state index in [1.807, 2.05) is 0 Å². The average Bonchev–Trinajstić information content (AvgIpc) is 2.63. The van der Waals surface area contributed by atoms with Gasteiger partial charge in [0.1, 0.15) is 24.4 Å². The maximum atomic E-state index is 10.2. The number of methoxy groups -OCH3 is 1. The smallest absolute Gasteiger partial charge is 0.186 e. The van der Waals surface area contributed by atoms with Gasteiger partial charge in [0.15, 0.2) is 6.29 Å². The summed E-state index contributed by atoms with van der Waals surface area (Å²) in [5.74, 6) is 0. The molecule has 0 saturated carbocycles. The van der Waals surface area contributed by atoms with Gasteiger partial charge in [0.05, 0.1) is 6.61 Å². The summed E-state index contributed by atoms with van der Waals surface area (Å²) in [6.45, 7) is 2.44. The minimum absolute atomic E-state index is 0.285. The highest BCUT2D eigenvalue weighted by Crippen LogP contribution is 2.24. The lowest BCUT2D eigenvalue weighted by molar-refractivity contribution is -0.301. The molecule has 1 fully saturated rings. The Morgan fingerprint density at radius 1 is 0.840 bits per heavy atom. The molecule has 6 heteroatoms. The van der Waals surface area contributed by atoms with Gasteiger partial charge in [-0.2, -0.15) is 0 Å². The normalized spacial score (nSPS) is 29.9. The van der Waals surface area contributed by atoms with Crippen molar-refractivity contribution in [1.29, 1.82) is 0 Å². The van der Waals surface area contributed by atoms with Crippen molar-refractivity contribution in [3.05, 3.63) is 0 Å². The van der Waals surface area contributed by atoms with Crippen LogP contribution in [0, 0.1) is 0 Å². The molecule has 0 radical (unpaired) electrons. The summed E-state index contributed by atoms with van der Waals surface area (Å²) in [6.07, 6.45) is 7.77. The largest absolute Gasteiger partial charge is 0.394 e. The van der Waals surface area contributed by atoms with Crippen molar-refractivity contribution in [2.24, 2.45) is 0 Å². The highest BCUT2D eigenvalue weighted by atomic mass is 16.7. The number of ether oxygens (including phenoxy) is 3. The van der Waals surface area contributed by atoms with Crippen LogP contribution in [-0.2, 0) is 14.2 Å². The molecular formula is C19H38O6. The van der Waals surface area contributed by atoms with E-state index in [-0.39, 0.29) is 6.61 Å². The molecule has 0 aliphatic carbocycles. The highest BCUT2D eigenvalue weighted by Gasteiger charge is 2.45. The van der Waals surface area contributed by atoms with E-state index < -0.39 is 30.7 Å². The van der Waals surface area contributed by atoms with Gasteiger partial charge in [0.2, 0.25) is 0 Å². The summed E-state index contributed by atoms with van der Waals surface area (Å²) in [7, 11) is 1.39. The van der Waals surface area contributed by atoms with Crippen LogP contribution in [0.1, 0.15) is 71.1 Å². The molecule has 5 atom stereocenters. The fourth-order valence-corrected chi connectivity index (χ4v) is 3.26. The van der Waals surface area contributed by atoms with Gasteiger partial charge in [-0.05, 0) is 6.42 Å². The number of aliphatic hydroxyl groups excluding tert-OH is 3. The van der Waals surface area contributed by atoms with Crippen molar-refractivity contribution in [2.75, 3.05) is 20.3 Å². The molecular weight excluding hydrogens is 324 g/mol. The number of aliphatic hydroxyl groups is 3. The molecule has 0 amide bonds. The van der Waals surface area contributed by atoms with Gasteiger partial charge in [-0.25, -0.2) is 0 Å². The van der Waals surface area contributed by atoms with Crippen LogP contribution in [0.25, 0.3) is 0 Å². The van der Waals surface area contributed by atoms with Crippen LogP contribution in [0.5, 0.6) is 0 Å². The summed E-state index contributed by atoms with van der Waals surface area (Å²) in [4.78, 5) is 0. The molecule has 3 N–H and O–H groups in total. The topological polar surface area (TPSA) is 88.4 Å². The predicted molar refractivity (Wildman–Crippen MR) is 96.4 cm³/mol. The number of rotatable bonds is 14. The van der Waals surface area contributed by atoms with E-state index in [1.54, 1.807) is 0 Å². The zero-order valence-corrected chi connectivity index (χ0v) is 15.9. The molecule has 1 aliphatic rings. The third-order valence-corrected chi connectivity index (χ3v) is 4.86. The molecule has 1 aliphatic heterocycles. The standard InChI is InChI=1S/C19H38O6/c1-3-4-5-6-7-8-9-10-11-12-13-24-18-15(14-20)25-19(23-2)17(22)16(18)21/h15-22H,3-14H2,1-2H3/t15?,16?,17?,18-,19-/m0/s1. The van der Waals surface area contributed by atoms with E-state index in [9.17, 15) is 15.3 Å². The highest BCUT2D eigenvalue weighted by molar-refractivity contribution is 4.90. The molecule has 0 bridgehead atoms. The van der Waals surface area contributed by atoms with E-state index in [2.05, 4.69) is 6.92 Å². The van der Waals surface area contributed by atoms with Gasteiger partial charge >= 0.3 is 0 Å². The van der Waals surface area contributed by atoms with Crippen molar-refractivity contribution in [1.82, 2.24) is 0 Å². The molecule has 0 aromatic carbocycles. The fourth-order valence-electron chi connectivity index (χ4n) is 3.26. The molecule has 3 unspecified atom stereocenters. The Hall–Kier alpha value is -0.240. The first-order valence-corrected chi connectivity index (χ1v) is 9.92. The van der Waals surface area contributed by atoms with E-state index in [0.717, 1.165) is 12.8 Å². The van der Waals surface area contributed by atoms with Gasteiger partial charge in [-0.1, -0.05) is 64.7 Å². The molecule has 0 aromatic heterocycles. The minimum Gasteiger partial charge on any atom is -0.394 e.